The summed E-state index contributed by atoms with van der Waals surface area (Å²) < 4.78 is 10.2. The van der Waals surface area contributed by atoms with E-state index in [1.54, 1.807) is 20.8 Å². The number of unbranched alkanes of at least 4 members (excludes halogenated alkanes) is 2. The normalized spacial score (nSPS) is 12.1. The lowest BCUT2D eigenvalue weighted by molar-refractivity contribution is -0.157. The van der Waals surface area contributed by atoms with E-state index in [4.69, 9.17) is 14.7 Å². The van der Waals surface area contributed by atoms with Gasteiger partial charge < -0.3 is 14.8 Å². The molecule has 0 unspecified atom stereocenters. The van der Waals surface area contributed by atoms with Crippen LogP contribution in [0.15, 0.2) is 0 Å². The predicted molar refractivity (Wildman–Crippen MR) is 78.5 cm³/mol. The molecule has 0 heterocycles. The Kier molecular flexibility index (Phi) is 9.18. The Labute approximate surface area is 126 Å². The summed E-state index contributed by atoms with van der Waals surface area (Å²) in [5.74, 6) is -0.507. The van der Waals surface area contributed by atoms with Gasteiger partial charge in [-0.15, -0.1) is 0 Å². The first-order valence-corrected chi connectivity index (χ1v) is 7.33. The van der Waals surface area contributed by atoms with Gasteiger partial charge in [0.05, 0.1) is 12.7 Å². The van der Waals surface area contributed by atoms with Crippen LogP contribution in [0.2, 0.25) is 0 Å². The smallest absolute Gasteiger partial charge is 0.407 e. The molecule has 120 valence electrons. The molecule has 0 spiro atoms. The molecule has 1 amide bonds. The first-order valence-electron chi connectivity index (χ1n) is 7.33. The van der Waals surface area contributed by atoms with Crippen molar-refractivity contribution in [2.24, 2.45) is 0 Å². The molecule has 6 nitrogen and oxygen atoms in total. The Morgan fingerprint density at radius 1 is 1.29 bits per heavy atom. The quantitative estimate of drug-likeness (QED) is 0.550. The van der Waals surface area contributed by atoms with Crippen molar-refractivity contribution in [3.63, 3.8) is 0 Å². The average Bonchev–Trinajstić information content (AvgIpc) is 2.36. The summed E-state index contributed by atoms with van der Waals surface area (Å²) in [6, 6.07) is 1.22. The number of carbonyl (C=O) groups is 2. The Morgan fingerprint density at radius 2 is 1.95 bits per heavy atom. The van der Waals surface area contributed by atoms with Crippen LogP contribution in [0.5, 0.6) is 0 Å². The van der Waals surface area contributed by atoms with Crippen LogP contribution in [0.1, 0.15) is 59.8 Å². The summed E-state index contributed by atoms with van der Waals surface area (Å²) in [6.45, 7) is 7.60. The molecule has 0 aliphatic heterocycles. The highest BCUT2D eigenvalue weighted by Crippen LogP contribution is 2.11. The second-order valence-electron chi connectivity index (χ2n) is 5.77. The van der Waals surface area contributed by atoms with E-state index in [1.807, 2.05) is 13.0 Å². The van der Waals surface area contributed by atoms with Gasteiger partial charge >= 0.3 is 12.1 Å². The highest BCUT2D eigenvalue weighted by atomic mass is 16.6. The van der Waals surface area contributed by atoms with Gasteiger partial charge in [-0.3, -0.25) is 0 Å². The minimum Gasteiger partial charge on any atom is -0.458 e. The Balaban J connectivity index is 4.47. The lowest BCUT2D eigenvalue weighted by atomic mass is 10.1. The third-order valence-electron chi connectivity index (χ3n) is 2.50. The molecule has 0 saturated heterocycles. The van der Waals surface area contributed by atoms with Crippen molar-refractivity contribution in [3.8, 4) is 6.07 Å². The van der Waals surface area contributed by atoms with Crippen molar-refractivity contribution in [1.82, 2.24) is 5.32 Å². The predicted octanol–water partition coefficient (Wildman–Crippen LogP) is 2.92. The number of carbonyl (C=O) groups excluding carboxylic acids is 2. The van der Waals surface area contributed by atoms with E-state index in [9.17, 15) is 9.59 Å². The number of nitrogens with zero attached hydrogens (tertiary/aromatic N) is 1. The van der Waals surface area contributed by atoms with Gasteiger partial charge in [-0.25, -0.2) is 9.59 Å². The fourth-order valence-corrected chi connectivity index (χ4v) is 1.50. The summed E-state index contributed by atoms with van der Waals surface area (Å²) in [5.41, 5.74) is -0.627. The van der Waals surface area contributed by atoms with E-state index in [-0.39, 0.29) is 0 Å². The number of hydrogen-bond acceptors (Lipinski definition) is 5. The third kappa shape index (κ3) is 10.7. The summed E-state index contributed by atoms with van der Waals surface area (Å²) in [6.07, 6.45) is 2.26. The zero-order chi connectivity index (χ0) is 16.3. The number of amides is 1. The van der Waals surface area contributed by atoms with Gasteiger partial charge in [0, 0.05) is 6.42 Å². The Hall–Kier alpha value is -1.77. The van der Waals surface area contributed by atoms with Crippen LogP contribution in [0.3, 0.4) is 0 Å². The van der Waals surface area contributed by atoms with Crippen molar-refractivity contribution < 1.29 is 19.1 Å². The standard InChI is InChI=1S/C15H26N2O4/c1-5-6-11-20-14(19)17-12(9-7-8-10-16)13(18)21-15(2,3)4/h12H,5-9,11H2,1-4H3,(H,17,19)/t12-/m1/s1. The summed E-state index contributed by atoms with van der Waals surface area (Å²) >= 11 is 0. The molecular formula is C15H26N2O4. The SMILES string of the molecule is CCCCOC(=O)N[C@H](CCCC#N)C(=O)OC(C)(C)C. The number of alkyl carbamates (subject to hydrolysis) is 1. The third-order valence-corrected chi connectivity index (χ3v) is 2.50. The maximum absolute atomic E-state index is 12.0. The molecule has 0 rings (SSSR count). The molecular weight excluding hydrogens is 272 g/mol. The molecule has 1 atom stereocenters. The minimum absolute atomic E-state index is 0.321. The summed E-state index contributed by atoms with van der Waals surface area (Å²) in [7, 11) is 0. The van der Waals surface area contributed by atoms with Crippen molar-refractivity contribution in [2.45, 2.75) is 71.4 Å². The van der Waals surface area contributed by atoms with Gasteiger partial charge in [0.1, 0.15) is 11.6 Å². The number of rotatable bonds is 8. The molecule has 0 aromatic heterocycles. The topological polar surface area (TPSA) is 88.4 Å². The van der Waals surface area contributed by atoms with Crippen molar-refractivity contribution in [1.29, 1.82) is 5.26 Å². The maximum atomic E-state index is 12.0. The van der Waals surface area contributed by atoms with Crippen LogP contribution in [-0.2, 0) is 14.3 Å². The van der Waals surface area contributed by atoms with Crippen LogP contribution in [0.4, 0.5) is 4.79 Å². The van der Waals surface area contributed by atoms with E-state index in [2.05, 4.69) is 5.32 Å². The molecule has 0 aliphatic carbocycles. The van der Waals surface area contributed by atoms with Gasteiger partial charge in [-0.2, -0.15) is 5.26 Å². The highest BCUT2D eigenvalue weighted by molar-refractivity contribution is 5.81. The lowest BCUT2D eigenvalue weighted by Gasteiger charge is -2.24. The Bertz CT molecular complexity index is 369. The van der Waals surface area contributed by atoms with Crippen LogP contribution in [0.25, 0.3) is 0 Å². The van der Waals surface area contributed by atoms with Gasteiger partial charge in [0.2, 0.25) is 0 Å². The van der Waals surface area contributed by atoms with Crippen molar-refractivity contribution in [2.75, 3.05) is 6.61 Å². The summed E-state index contributed by atoms with van der Waals surface area (Å²) in [4.78, 5) is 23.7. The molecule has 0 fully saturated rings. The largest absolute Gasteiger partial charge is 0.458 e. The zero-order valence-corrected chi connectivity index (χ0v) is 13.4. The van der Waals surface area contributed by atoms with Crippen molar-refractivity contribution in [3.05, 3.63) is 0 Å². The van der Waals surface area contributed by atoms with Crippen LogP contribution in [0, 0.1) is 11.3 Å². The number of nitriles is 1. The van der Waals surface area contributed by atoms with Gasteiger partial charge in [0.15, 0.2) is 0 Å². The van der Waals surface area contributed by atoms with Crippen LogP contribution in [-0.4, -0.2) is 30.3 Å². The van der Waals surface area contributed by atoms with E-state index < -0.39 is 23.7 Å². The first kappa shape index (κ1) is 19.2. The highest BCUT2D eigenvalue weighted by Gasteiger charge is 2.26. The first-order chi connectivity index (χ1) is 9.80. The van der Waals surface area contributed by atoms with Crippen molar-refractivity contribution >= 4 is 12.1 Å². The maximum Gasteiger partial charge on any atom is 0.407 e. The second kappa shape index (κ2) is 10.0. The van der Waals surface area contributed by atoms with E-state index in [0.717, 1.165) is 12.8 Å². The van der Waals surface area contributed by atoms with Gasteiger partial charge in [-0.05, 0) is 40.0 Å². The second-order valence-corrected chi connectivity index (χ2v) is 5.77. The monoisotopic (exact) mass is 298 g/mol. The number of ether oxygens (including phenoxy) is 2. The molecule has 21 heavy (non-hydrogen) atoms. The molecule has 0 radical (unpaired) electrons. The fraction of sp³-hybridized carbons (Fsp3) is 0.800. The molecule has 6 heteroatoms. The van der Waals surface area contributed by atoms with E-state index in [1.165, 1.54) is 0 Å². The molecule has 0 saturated carbocycles. The fourth-order valence-electron chi connectivity index (χ4n) is 1.50. The molecule has 0 bridgehead atoms. The summed E-state index contributed by atoms with van der Waals surface area (Å²) in [5, 5.41) is 11.1. The van der Waals surface area contributed by atoms with E-state index >= 15 is 0 Å². The molecule has 0 aromatic carbocycles. The zero-order valence-electron chi connectivity index (χ0n) is 13.4. The van der Waals surface area contributed by atoms with Gasteiger partial charge in [0.25, 0.3) is 0 Å². The van der Waals surface area contributed by atoms with Gasteiger partial charge in [-0.1, -0.05) is 13.3 Å². The average molecular weight is 298 g/mol. The number of esters is 1. The van der Waals surface area contributed by atoms with E-state index in [0.29, 0.717) is 25.9 Å². The molecule has 0 aromatic rings. The number of hydrogen-bond donors (Lipinski definition) is 1. The van der Waals surface area contributed by atoms with Crippen LogP contribution < -0.4 is 5.32 Å². The number of nitrogens with one attached hydrogen (secondary N) is 1. The van der Waals surface area contributed by atoms with Crippen LogP contribution >= 0.6 is 0 Å². The minimum atomic E-state index is -0.785. The molecule has 1 N–H and O–H groups in total. The molecule has 0 aliphatic rings. The Morgan fingerprint density at radius 3 is 2.48 bits per heavy atom. The lowest BCUT2D eigenvalue weighted by Crippen LogP contribution is -2.44.